The lowest BCUT2D eigenvalue weighted by molar-refractivity contribution is 0.322. The molecule has 5 aromatic rings. The van der Waals surface area contributed by atoms with E-state index in [9.17, 15) is 0 Å². The molecule has 5 nitrogen and oxygen atoms in total. The number of ether oxygens (including phenoxy) is 3. The van der Waals surface area contributed by atoms with Crippen molar-refractivity contribution in [3.05, 3.63) is 89.7 Å². The minimum absolute atomic E-state index is 0.0814. The molecule has 2 heterocycles. The molecule has 2 N–H and O–H groups in total. The van der Waals surface area contributed by atoms with E-state index in [1.807, 2.05) is 18.2 Å². The van der Waals surface area contributed by atoms with Crippen molar-refractivity contribution >= 4 is 21.8 Å². The zero-order chi connectivity index (χ0) is 21.4. The molecular formula is C26H24N2O3. The molecule has 0 amide bonds. The van der Waals surface area contributed by atoms with E-state index in [1.165, 1.54) is 21.9 Å². The molecular weight excluding hydrogens is 388 g/mol. The Balaban J connectivity index is 1.84. The lowest BCUT2D eigenvalue weighted by Crippen LogP contribution is -2.07. The van der Waals surface area contributed by atoms with Crippen LogP contribution in [0.2, 0.25) is 0 Å². The number of aromatic amines is 2. The summed E-state index contributed by atoms with van der Waals surface area (Å²) in [6.45, 7) is 0. The van der Waals surface area contributed by atoms with Gasteiger partial charge in [0.15, 0.2) is 11.5 Å². The van der Waals surface area contributed by atoms with E-state index in [2.05, 4.69) is 64.8 Å². The van der Waals surface area contributed by atoms with Gasteiger partial charge < -0.3 is 24.2 Å². The summed E-state index contributed by atoms with van der Waals surface area (Å²) in [5.74, 6) is 1.82. The van der Waals surface area contributed by atoms with Crippen LogP contribution in [0.25, 0.3) is 21.8 Å². The van der Waals surface area contributed by atoms with Gasteiger partial charge in [0.2, 0.25) is 5.75 Å². The molecule has 0 saturated heterocycles. The molecule has 0 aliphatic rings. The molecule has 0 spiro atoms. The fraction of sp³-hybridized carbons (Fsp3) is 0.154. The first-order valence-corrected chi connectivity index (χ1v) is 10.2. The lowest BCUT2D eigenvalue weighted by atomic mass is 9.84. The third kappa shape index (κ3) is 3.01. The monoisotopic (exact) mass is 412 g/mol. The normalized spacial score (nSPS) is 11.4. The Labute approximate surface area is 180 Å². The predicted octanol–water partition coefficient (Wildman–Crippen LogP) is 5.86. The molecule has 0 saturated carbocycles. The molecule has 0 unspecified atom stereocenters. The van der Waals surface area contributed by atoms with Crippen molar-refractivity contribution in [2.45, 2.75) is 5.92 Å². The molecule has 0 fully saturated rings. The SMILES string of the molecule is COc1ccc(C(c2c[nH]c3ccccc23)c2c[nH]c3ccccc23)c(OC)c1OC. The predicted molar refractivity (Wildman–Crippen MR) is 124 cm³/mol. The summed E-state index contributed by atoms with van der Waals surface area (Å²) >= 11 is 0. The molecule has 0 atom stereocenters. The van der Waals surface area contributed by atoms with Crippen LogP contribution in [0, 0.1) is 0 Å². The Morgan fingerprint density at radius 2 is 1.13 bits per heavy atom. The van der Waals surface area contributed by atoms with Crippen LogP contribution in [0.4, 0.5) is 0 Å². The summed E-state index contributed by atoms with van der Waals surface area (Å²) in [5.41, 5.74) is 5.55. The fourth-order valence-electron chi connectivity index (χ4n) is 4.52. The maximum absolute atomic E-state index is 5.89. The van der Waals surface area contributed by atoms with E-state index in [0.717, 1.165) is 16.6 Å². The van der Waals surface area contributed by atoms with Gasteiger partial charge in [0.25, 0.3) is 0 Å². The molecule has 2 aromatic heterocycles. The summed E-state index contributed by atoms with van der Waals surface area (Å²) in [6.07, 6.45) is 4.18. The van der Waals surface area contributed by atoms with Gasteiger partial charge >= 0.3 is 0 Å². The lowest BCUT2D eigenvalue weighted by Gasteiger charge is -2.22. The summed E-state index contributed by atoms with van der Waals surface area (Å²) in [4.78, 5) is 6.86. The Kier molecular flexibility index (Phi) is 4.79. The maximum Gasteiger partial charge on any atom is 0.203 e. The topological polar surface area (TPSA) is 59.3 Å². The van der Waals surface area contributed by atoms with Crippen LogP contribution in [0.15, 0.2) is 73.1 Å². The smallest absolute Gasteiger partial charge is 0.203 e. The van der Waals surface area contributed by atoms with Crippen LogP contribution in [0.1, 0.15) is 22.6 Å². The van der Waals surface area contributed by atoms with E-state index in [4.69, 9.17) is 14.2 Å². The van der Waals surface area contributed by atoms with E-state index in [-0.39, 0.29) is 5.92 Å². The zero-order valence-corrected chi connectivity index (χ0v) is 17.7. The number of rotatable bonds is 6. The highest BCUT2D eigenvalue weighted by atomic mass is 16.5. The van der Waals surface area contributed by atoms with Gasteiger partial charge in [-0.25, -0.2) is 0 Å². The van der Waals surface area contributed by atoms with E-state index in [0.29, 0.717) is 17.2 Å². The van der Waals surface area contributed by atoms with Crippen molar-refractivity contribution in [3.63, 3.8) is 0 Å². The summed E-state index contributed by atoms with van der Waals surface area (Å²) < 4.78 is 17.1. The summed E-state index contributed by atoms with van der Waals surface area (Å²) in [6, 6.07) is 20.7. The van der Waals surface area contributed by atoms with Crippen molar-refractivity contribution in [2.75, 3.05) is 21.3 Å². The first-order valence-electron chi connectivity index (χ1n) is 10.2. The maximum atomic E-state index is 5.89. The standard InChI is InChI=1S/C26H24N2O3/c1-29-23-13-12-18(25(30-2)26(23)31-3)24(19-14-27-21-10-6-4-8-16(19)21)20-15-28-22-11-7-5-9-17(20)22/h4-15,24,27-28H,1-3H3. The van der Waals surface area contributed by atoms with Crippen LogP contribution < -0.4 is 14.2 Å². The van der Waals surface area contributed by atoms with Crippen molar-refractivity contribution in [1.29, 1.82) is 0 Å². The number of aromatic nitrogens is 2. The van der Waals surface area contributed by atoms with Gasteiger partial charge in [0.05, 0.1) is 21.3 Å². The van der Waals surface area contributed by atoms with Crippen LogP contribution in [-0.2, 0) is 0 Å². The second-order valence-corrected chi connectivity index (χ2v) is 7.44. The number of nitrogens with one attached hydrogen (secondary N) is 2. The molecule has 156 valence electrons. The molecule has 0 aliphatic carbocycles. The van der Waals surface area contributed by atoms with Crippen molar-refractivity contribution < 1.29 is 14.2 Å². The second kappa shape index (κ2) is 7.76. The average Bonchev–Trinajstić information content (AvgIpc) is 3.44. The van der Waals surface area contributed by atoms with Crippen molar-refractivity contribution in [1.82, 2.24) is 9.97 Å². The van der Waals surface area contributed by atoms with Crippen molar-refractivity contribution in [2.24, 2.45) is 0 Å². The highest BCUT2D eigenvalue weighted by molar-refractivity contribution is 5.89. The third-order valence-electron chi connectivity index (χ3n) is 5.91. The third-order valence-corrected chi connectivity index (χ3v) is 5.91. The highest BCUT2D eigenvalue weighted by Gasteiger charge is 2.28. The summed E-state index contributed by atoms with van der Waals surface area (Å²) in [7, 11) is 4.94. The van der Waals surface area contributed by atoms with Crippen LogP contribution in [0.5, 0.6) is 17.2 Å². The number of benzene rings is 3. The number of hydrogen-bond donors (Lipinski definition) is 2. The number of H-pyrrole nitrogens is 2. The van der Waals surface area contributed by atoms with Crippen LogP contribution in [0.3, 0.4) is 0 Å². The Hall–Kier alpha value is -3.86. The number of para-hydroxylation sites is 2. The van der Waals surface area contributed by atoms with E-state index >= 15 is 0 Å². The van der Waals surface area contributed by atoms with Crippen molar-refractivity contribution in [3.8, 4) is 17.2 Å². The largest absolute Gasteiger partial charge is 0.493 e. The molecule has 0 bridgehead atoms. The van der Waals surface area contributed by atoms with Gasteiger partial charge in [-0.05, 0) is 29.3 Å². The van der Waals surface area contributed by atoms with E-state index in [1.54, 1.807) is 21.3 Å². The van der Waals surface area contributed by atoms with Crippen LogP contribution >= 0.6 is 0 Å². The minimum Gasteiger partial charge on any atom is -0.493 e. The minimum atomic E-state index is -0.0814. The Morgan fingerprint density at radius 3 is 1.65 bits per heavy atom. The first-order chi connectivity index (χ1) is 15.3. The second-order valence-electron chi connectivity index (χ2n) is 7.44. The zero-order valence-electron chi connectivity index (χ0n) is 17.7. The van der Waals surface area contributed by atoms with E-state index < -0.39 is 0 Å². The fourth-order valence-corrected chi connectivity index (χ4v) is 4.52. The molecule has 0 radical (unpaired) electrons. The quantitative estimate of drug-likeness (QED) is 0.367. The molecule has 5 rings (SSSR count). The van der Waals surface area contributed by atoms with Gasteiger partial charge in [0, 0.05) is 45.7 Å². The van der Waals surface area contributed by atoms with Gasteiger partial charge in [-0.15, -0.1) is 0 Å². The Morgan fingerprint density at radius 1 is 0.581 bits per heavy atom. The average molecular weight is 412 g/mol. The summed E-state index contributed by atoms with van der Waals surface area (Å²) in [5, 5.41) is 2.35. The first kappa shape index (κ1) is 19.1. The van der Waals surface area contributed by atoms with Gasteiger partial charge in [0.1, 0.15) is 0 Å². The highest BCUT2D eigenvalue weighted by Crippen LogP contribution is 2.48. The van der Waals surface area contributed by atoms with Gasteiger partial charge in [-0.1, -0.05) is 42.5 Å². The number of fused-ring (bicyclic) bond motifs is 2. The van der Waals surface area contributed by atoms with Crippen LogP contribution in [-0.4, -0.2) is 31.3 Å². The molecule has 5 heteroatoms. The molecule has 31 heavy (non-hydrogen) atoms. The molecule has 3 aromatic carbocycles. The van der Waals surface area contributed by atoms with Gasteiger partial charge in [-0.2, -0.15) is 0 Å². The Bertz CT molecular complexity index is 1290. The molecule has 0 aliphatic heterocycles. The number of hydrogen-bond acceptors (Lipinski definition) is 3. The number of methoxy groups -OCH3 is 3. The van der Waals surface area contributed by atoms with Gasteiger partial charge in [-0.3, -0.25) is 0 Å².